The van der Waals surface area contributed by atoms with Crippen LogP contribution in [0.25, 0.3) is 0 Å². The van der Waals surface area contributed by atoms with E-state index in [1.807, 2.05) is 6.26 Å². The third-order valence-electron chi connectivity index (χ3n) is 7.42. The number of aliphatic hydroxyl groups is 2. The van der Waals surface area contributed by atoms with Crippen LogP contribution in [-0.4, -0.2) is 107 Å². The lowest BCUT2D eigenvalue weighted by Crippen LogP contribution is -2.60. The molecule has 1 aliphatic rings. The Morgan fingerprint density at radius 3 is 2.13 bits per heavy atom. The van der Waals surface area contributed by atoms with Crippen LogP contribution in [0.5, 0.6) is 0 Å². The van der Waals surface area contributed by atoms with Gasteiger partial charge < -0.3 is 40.0 Å². The fourth-order valence-electron chi connectivity index (χ4n) is 4.66. The molecule has 1 aliphatic heterocycles. The van der Waals surface area contributed by atoms with Gasteiger partial charge in [0.25, 0.3) is 0 Å². The Labute approximate surface area is 274 Å². The summed E-state index contributed by atoms with van der Waals surface area (Å²) >= 11 is 1.33. The normalized spacial score (nSPS) is 22.1. The molecule has 46 heavy (non-hydrogen) atoms. The van der Waals surface area contributed by atoms with E-state index in [1.165, 1.54) is 25.1 Å². The Bertz CT molecular complexity index is 1220. The van der Waals surface area contributed by atoms with Crippen LogP contribution in [0.1, 0.15) is 54.9 Å². The highest BCUT2D eigenvalue weighted by molar-refractivity contribution is 7.98. The highest BCUT2D eigenvalue weighted by Crippen LogP contribution is 2.42. The van der Waals surface area contributed by atoms with Crippen LogP contribution < -0.4 is 21.2 Å². The Balaban J connectivity index is 2.42. The van der Waals surface area contributed by atoms with Crippen molar-refractivity contribution in [2.24, 2.45) is 16.8 Å². The first-order chi connectivity index (χ1) is 21.6. The standard InChI is InChI=1S/C28H50N7O9PS/c1-10-42-25(37)19(15(3)4)34-45(40,35-20(16(5)6)26(38)43-11-2)44-14-18(41-8)22(36)28(39)12-13-30-21-23(31-17(28)7)32-27(29)33-24(21)46-9/h13,15-20,22,36,39H,10-12,14H2,1-9H3,(H2,34,35,40)(H3,29,31,32,33)/t17?,18?,19-,20?,22?,28?,45?/m0/s1. The summed E-state index contributed by atoms with van der Waals surface area (Å²) in [4.78, 5) is 38.4. The quantitative estimate of drug-likeness (QED) is 0.0596. The van der Waals surface area contributed by atoms with Crippen molar-refractivity contribution in [3.05, 3.63) is 0 Å². The topological polar surface area (TPSA) is 229 Å². The van der Waals surface area contributed by atoms with Gasteiger partial charge in [-0.2, -0.15) is 4.98 Å². The maximum atomic E-state index is 14.4. The molecule has 7 atom stereocenters. The number of aromatic nitrogens is 2. The van der Waals surface area contributed by atoms with Crippen molar-refractivity contribution < 1.29 is 43.1 Å². The number of rotatable bonds is 17. The number of hydrogen-bond donors (Lipinski definition) is 6. The van der Waals surface area contributed by atoms with Gasteiger partial charge in [0.15, 0.2) is 5.82 Å². The Morgan fingerprint density at radius 2 is 1.67 bits per heavy atom. The van der Waals surface area contributed by atoms with Crippen molar-refractivity contribution in [1.29, 1.82) is 0 Å². The molecule has 0 radical (unpaired) electrons. The van der Waals surface area contributed by atoms with Gasteiger partial charge in [-0.25, -0.2) is 15.2 Å². The van der Waals surface area contributed by atoms with Gasteiger partial charge in [-0.3, -0.25) is 19.1 Å². The summed E-state index contributed by atoms with van der Waals surface area (Å²) in [5.74, 6) is -1.84. The van der Waals surface area contributed by atoms with E-state index < -0.39 is 74.0 Å². The van der Waals surface area contributed by atoms with Crippen LogP contribution in [0.3, 0.4) is 0 Å². The van der Waals surface area contributed by atoms with Gasteiger partial charge in [0.1, 0.15) is 40.6 Å². The molecule has 2 rings (SSSR count). The first-order valence-electron chi connectivity index (χ1n) is 15.1. The molecule has 0 amide bonds. The summed E-state index contributed by atoms with van der Waals surface area (Å²) in [6.07, 6.45) is 0.259. The molecule has 7 N–H and O–H groups in total. The van der Waals surface area contributed by atoms with E-state index in [0.717, 1.165) is 0 Å². The van der Waals surface area contributed by atoms with Gasteiger partial charge >= 0.3 is 19.6 Å². The molecule has 1 aromatic heterocycles. The number of esters is 2. The molecule has 18 heteroatoms. The number of carbonyl (C=O) groups is 2. The Hall–Kier alpha value is -2.37. The molecule has 0 saturated carbocycles. The number of nitrogen functional groups attached to an aromatic ring is 1. The lowest BCUT2D eigenvalue weighted by molar-refractivity contribution is -0.147. The van der Waals surface area contributed by atoms with Crippen molar-refractivity contribution in [1.82, 2.24) is 20.1 Å². The highest BCUT2D eigenvalue weighted by atomic mass is 32.2. The number of anilines is 2. The van der Waals surface area contributed by atoms with E-state index >= 15 is 0 Å². The van der Waals surface area contributed by atoms with E-state index in [2.05, 4.69) is 30.5 Å². The number of methoxy groups -OCH3 is 1. The lowest BCUT2D eigenvalue weighted by Gasteiger charge is -2.41. The van der Waals surface area contributed by atoms with Crippen LogP contribution in [0.4, 0.5) is 17.5 Å². The molecular formula is C28H50N7O9PS. The minimum absolute atomic E-state index is 0.00613. The Morgan fingerprint density at radius 1 is 1.13 bits per heavy atom. The van der Waals surface area contributed by atoms with E-state index in [9.17, 15) is 24.4 Å². The second-order valence-electron chi connectivity index (χ2n) is 11.4. The predicted molar refractivity (Wildman–Crippen MR) is 176 cm³/mol. The molecule has 16 nitrogen and oxygen atoms in total. The number of ether oxygens (including phenoxy) is 3. The molecule has 262 valence electrons. The van der Waals surface area contributed by atoms with E-state index in [1.54, 1.807) is 48.5 Å². The van der Waals surface area contributed by atoms with Crippen LogP contribution >= 0.6 is 19.4 Å². The number of hydrogen-bond acceptors (Lipinski definition) is 15. The zero-order valence-electron chi connectivity index (χ0n) is 28.0. The summed E-state index contributed by atoms with van der Waals surface area (Å²) in [5, 5.41) is 32.5. The first kappa shape index (κ1) is 39.8. The zero-order chi connectivity index (χ0) is 34.8. The molecule has 0 aliphatic carbocycles. The Kier molecular flexibility index (Phi) is 15.3. The fourth-order valence-corrected chi connectivity index (χ4v) is 7.30. The number of aliphatic hydroxyl groups excluding tert-OH is 1. The smallest absolute Gasteiger partial charge is 0.342 e. The lowest BCUT2D eigenvalue weighted by atomic mass is 9.83. The van der Waals surface area contributed by atoms with Gasteiger partial charge in [0.05, 0.1) is 25.9 Å². The van der Waals surface area contributed by atoms with Gasteiger partial charge in [0.2, 0.25) is 5.95 Å². The van der Waals surface area contributed by atoms with Crippen LogP contribution in [0, 0.1) is 11.8 Å². The third kappa shape index (κ3) is 10.1. The largest absolute Gasteiger partial charge is 0.465 e. The minimum Gasteiger partial charge on any atom is -0.465 e. The van der Waals surface area contributed by atoms with Crippen LogP contribution in [0.2, 0.25) is 0 Å². The summed E-state index contributed by atoms with van der Waals surface area (Å²) in [7, 11) is -3.01. The van der Waals surface area contributed by atoms with Crippen molar-refractivity contribution in [3.8, 4) is 0 Å². The number of thioether (sulfide) groups is 1. The molecule has 1 aromatic rings. The number of carbonyl (C=O) groups excluding carboxylic acids is 2. The molecule has 2 heterocycles. The second-order valence-corrected chi connectivity index (χ2v) is 14.1. The van der Waals surface area contributed by atoms with E-state index in [-0.39, 0.29) is 31.4 Å². The highest BCUT2D eigenvalue weighted by Gasteiger charge is 2.47. The predicted octanol–water partition coefficient (Wildman–Crippen LogP) is 2.27. The molecule has 0 spiro atoms. The summed E-state index contributed by atoms with van der Waals surface area (Å²) in [5.41, 5.74) is 4.42. The summed E-state index contributed by atoms with van der Waals surface area (Å²) in [6, 6.07) is -3.01. The minimum atomic E-state index is -4.30. The summed E-state index contributed by atoms with van der Waals surface area (Å²) < 4.78 is 36.2. The van der Waals surface area contributed by atoms with Crippen molar-refractivity contribution in [2.75, 3.05) is 44.2 Å². The first-order valence-corrected chi connectivity index (χ1v) is 18.0. The zero-order valence-corrected chi connectivity index (χ0v) is 29.7. The van der Waals surface area contributed by atoms with E-state index in [0.29, 0.717) is 10.7 Å². The van der Waals surface area contributed by atoms with Crippen molar-refractivity contribution in [3.63, 3.8) is 0 Å². The number of nitrogens with zero attached hydrogens (tertiary/aromatic N) is 3. The maximum Gasteiger partial charge on any atom is 0.342 e. The van der Waals surface area contributed by atoms with Crippen molar-refractivity contribution >= 4 is 55.0 Å². The van der Waals surface area contributed by atoms with Gasteiger partial charge in [-0.1, -0.05) is 27.7 Å². The molecule has 0 saturated heterocycles. The molecule has 0 fully saturated rings. The van der Waals surface area contributed by atoms with Crippen LogP contribution in [0.15, 0.2) is 10.0 Å². The average Bonchev–Trinajstić information content (AvgIpc) is 2.98. The summed E-state index contributed by atoms with van der Waals surface area (Å²) in [6.45, 7) is 11.5. The molecular weight excluding hydrogens is 641 g/mol. The number of fused-ring (bicyclic) bond motifs is 1. The third-order valence-corrected chi connectivity index (χ3v) is 9.84. The van der Waals surface area contributed by atoms with Gasteiger partial charge in [-0.15, -0.1) is 11.8 Å². The number of nitrogens with one attached hydrogen (secondary N) is 3. The molecule has 0 aromatic carbocycles. The van der Waals surface area contributed by atoms with E-state index in [4.69, 9.17) is 24.5 Å². The molecule has 0 bridgehead atoms. The number of nitrogens with two attached hydrogens (primary N) is 1. The van der Waals surface area contributed by atoms with Gasteiger partial charge in [-0.05, 0) is 38.9 Å². The molecule has 6 unspecified atom stereocenters. The SMILES string of the molecule is CCOC(=O)C(NP(=O)(N[C@H](C(=O)OCC)C(C)C)OCC(OC)C(O)C1(O)CC=Nc2c(nc(N)nc2SC)NC1C)C(C)C. The second kappa shape index (κ2) is 17.7. The van der Waals surface area contributed by atoms with Crippen molar-refractivity contribution in [2.45, 2.75) is 95.8 Å². The van der Waals surface area contributed by atoms with Gasteiger partial charge in [0, 0.05) is 19.7 Å². The maximum absolute atomic E-state index is 14.4. The average molecular weight is 692 g/mol. The fraction of sp³-hybridized carbons (Fsp3) is 0.750. The monoisotopic (exact) mass is 691 g/mol. The van der Waals surface area contributed by atoms with Crippen LogP contribution in [-0.2, 0) is 32.9 Å². The number of aliphatic imine (C=N–C) groups is 1.